The Bertz CT molecular complexity index is 401. The molecule has 0 saturated carbocycles. The summed E-state index contributed by atoms with van der Waals surface area (Å²) in [5.41, 5.74) is 1.07. The van der Waals surface area contributed by atoms with E-state index in [1.807, 2.05) is 37.4 Å². The van der Waals surface area contributed by atoms with Crippen molar-refractivity contribution < 1.29 is 9.00 Å². The standard InChI is InChI=1S/C14H22N2O2S.ClH/c1-15-9-5-8-14(17)16-10-11-19(18)12-13-6-3-2-4-7-13;/h2-4,6-7,15H,5,8-12H2,1H3,(H,16,17);1H. The maximum absolute atomic E-state index is 11.8. The minimum Gasteiger partial charge on any atom is -0.355 e. The van der Waals surface area contributed by atoms with E-state index >= 15 is 0 Å². The van der Waals surface area contributed by atoms with Crippen molar-refractivity contribution in [3.63, 3.8) is 0 Å². The summed E-state index contributed by atoms with van der Waals surface area (Å²) >= 11 is 0. The molecule has 1 aromatic rings. The molecule has 114 valence electrons. The Morgan fingerprint density at radius 1 is 1.20 bits per heavy atom. The molecular weight excluding hydrogens is 296 g/mol. The van der Waals surface area contributed by atoms with Gasteiger partial charge in [-0.2, -0.15) is 0 Å². The van der Waals surface area contributed by atoms with Crippen molar-refractivity contribution in [3.05, 3.63) is 35.9 Å². The summed E-state index contributed by atoms with van der Waals surface area (Å²) < 4.78 is 11.8. The highest BCUT2D eigenvalue weighted by molar-refractivity contribution is 7.84. The average Bonchev–Trinajstić information content (AvgIpc) is 2.40. The first-order valence-corrected chi connectivity index (χ1v) is 8.01. The van der Waals surface area contributed by atoms with E-state index < -0.39 is 10.8 Å². The van der Waals surface area contributed by atoms with Gasteiger partial charge in [-0.05, 0) is 25.6 Å². The summed E-state index contributed by atoms with van der Waals surface area (Å²) in [6.45, 7) is 1.32. The van der Waals surface area contributed by atoms with Crippen LogP contribution in [-0.2, 0) is 21.3 Å². The molecule has 0 fully saturated rings. The predicted molar refractivity (Wildman–Crippen MR) is 86.6 cm³/mol. The minimum atomic E-state index is -0.922. The van der Waals surface area contributed by atoms with Crippen LogP contribution in [0.25, 0.3) is 0 Å². The molecule has 0 spiro atoms. The lowest BCUT2D eigenvalue weighted by atomic mass is 10.2. The van der Waals surface area contributed by atoms with Gasteiger partial charge < -0.3 is 10.6 Å². The van der Waals surface area contributed by atoms with Crippen molar-refractivity contribution >= 4 is 29.1 Å². The Kier molecular flexibility index (Phi) is 11.3. The van der Waals surface area contributed by atoms with E-state index in [0.29, 0.717) is 24.5 Å². The van der Waals surface area contributed by atoms with Crippen molar-refractivity contribution in [1.29, 1.82) is 0 Å². The molecule has 4 nitrogen and oxygen atoms in total. The van der Waals surface area contributed by atoms with Crippen LogP contribution in [0.3, 0.4) is 0 Å². The lowest BCUT2D eigenvalue weighted by Gasteiger charge is -2.05. The molecule has 1 rings (SSSR count). The third-order valence-electron chi connectivity index (χ3n) is 2.65. The van der Waals surface area contributed by atoms with Gasteiger partial charge in [-0.25, -0.2) is 0 Å². The predicted octanol–water partition coefficient (Wildman–Crippen LogP) is 1.47. The first-order valence-electron chi connectivity index (χ1n) is 6.52. The van der Waals surface area contributed by atoms with E-state index in [2.05, 4.69) is 10.6 Å². The van der Waals surface area contributed by atoms with Crippen LogP contribution in [0.2, 0.25) is 0 Å². The second-order valence-electron chi connectivity index (χ2n) is 4.33. The molecule has 0 heterocycles. The Balaban J connectivity index is 0.00000361. The molecule has 1 atom stereocenters. The molecule has 1 amide bonds. The maximum atomic E-state index is 11.8. The molecule has 1 aromatic carbocycles. The van der Waals surface area contributed by atoms with E-state index in [1.165, 1.54) is 0 Å². The van der Waals surface area contributed by atoms with E-state index in [9.17, 15) is 9.00 Å². The Hall–Kier alpha value is -0.910. The molecule has 6 heteroatoms. The fourth-order valence-electron chi connectivity index (χ4n) is 1.65. The SMILES string of the molecule is CNCCCC(=O)NCCS(=O)Cc1ccccc1.Cl. The molecule has 1 unspecified atom stereocenters. The second-order valence-corrected chi connectivity index (χ2v) is 5.91. The van der Waals surface area contributed by atoms with Crippen LogP contribution in [0.1, 0.15) is 18.4 Å². The largest absolute Gasteiger partial charge is 0.355 e. The molecule has 0 aromatic heterocycles. The quantitative estimate of drug-likeness (QED) is 0.678. The molecule has 0 aliphatic heterocycles. The van der Waals surface area contributed by atoms with E-state index in [1.54, 1.807) is 0 Å². The molecule has 0 aliphatic rings. The molecule has 2 N–H and O–H groups in total. The van der Waals surface area contributed by atoms with Gasteiger partial charge in [0.15, 0.2) is 0 Å². The van der Waals surface area contributed by atoms with Crippen molar-refractivity contribution in [2.45, 2.75) is 18.6 Å². The highest BCUT2D eigenvalue weighted by Crippen LogP contribution is 2.02. The van der Waals surface area contributed by atoms with Gasteiger partial charge in [-0.3, -0.25) is 9.00 Å². The van der Waals surface area contributed by atoms with Gasteiger partial charge >= 0.3 is 0 Å². The topological polar surface area (TPSA) is 58.2 Å². The number of nitrogens with one attached hydrogen (secondary N) is 2. The zero-order valence-corrected chi connectivity index (χ0v) is 13.4. The Morgan fingerprint density at radius 3 is 2.55 bits per heavy atom. The van der Waals surface area contributed by atoms with Gasteiger partial charge in [0.05, 0.1) is 0 Å². The lowest BCUT2D eigenvalue weighted by Crippen LogP contribution is -2.28. The maximum Gasteiger partial charge on any atom is 0.220 e. The lowest BCUT2D eigenvalue weighted by molar-refractivity contribution is -0.121. The van der Waals surface area contributed by atoms with Gasteiger partial charge in [0.1, 0.15) is 0 Å². The second kappa shape index (κ2) is 11.9. The van der Waals surface area contributed by atoms with Gasteiger partial charge in [-0.1, -0.05) is 30.3 Å². The number of benzene rings is 1. The number of carbonyl (C=O) groups excluding carboxylic acids is 1. The first-order chi connectivity index (χ1) is 9.22. The minimum absolute atomic E-state index is 0. The number of amides is 1. The molecule has 0 radical (unpaired) electrons. The Morgan fingerprint density at radius 2 is 1.90 bits per heavy atom. The van der Waals surface area contributed by atoms with Gasteiger partial charge in [-0.15, -0.1) is 12.4 Å². The van der Waals surface area contributed by atoms with Crippen molar-refractivity contribution in [1.82, 2.24) is 10.6 Å². The van der Waals surface area contributed by atoms with Crippen LogP contribution in [0.5, 0.6) is 0 Å². The monoisotopic (exact) mass is 318 g/mol. The van der Waals surface area contributed by atoms with Crippen LogP contribution in [-0.4, -0.2) is 36.0 Å². The first kappa shape index (κ1) is 19.1. The van der Waals surface area contributed by atoms with E-state index in [4.69, 9.17) is 0 Å². The summed E-state index contributed by atoms with van der Waals surface area (Å²) in [5, 5.41) is 5.79. The average molecular weight is 319 g/mol. The highest BCUT2D eigenvalue weighted by Gasteiger charge is 2.04. The Labute approximate surface area is 129 Å². The van der Waals surface area contributed by atoms with Crippen molar-refractivity contribution in [3.8, 4) is 0 Å². The summed E-state index contributed by atoms with van der Waals surface area (Å²) in [6, 6.07) is 9.76. The summed E-state index contributed by atoms with van der Waals surface area (Å²) in [6.07, 6.45) is 1.35. The third kappa shape index (κ3) is 9.07. The zero-order valence-electron chi connectivity index (χ0n) is 11.8. The summed E-state index contributed by atoms with van der Waals surface area (Å²) in [7, 11) is 0.944. The van der Waals surface area contributed by atoms with Crippen molar-refractivity contribution in [2.75, 3.05) is 25.9 Å². The highest BCUT2D eigenvalue weighted by atomic mass is 35.5. The van der Waals surface area contributed by atoms with E-state index in [0.717, 1.165) is 18.5 Å². The zero-order chi connectivity index (χ0) is 13.9. The summed E-state index contributed by atoms with van der Waals surface area (Å²) in [5.74, 6) is 1.09. The van der Waals surface area contributed by atoms with Crippen LogP contribution in [0, 0.1) is 0 Å². The number of hydrogen-bond donors (Lipinski definition) is 2. The van der Waals surface area contributed by atoms with Crippen molar-refractivity contribution in [2.24, 2.45) is 0 Å². The van der Waals surface area contributed by atoms with E-state index in [-0.39, 0.29) is 18.3 Å². The fourth-order valence-corrected chi connectivity index (χ4v) is 2.69. The van der Waals surface area contributed by atoms with Crippen LogP contribution >= 0.6 is 12.4 Å². The van der Waals surface area contributed by atoms with Crippen LogP contribution in [0.4, 0.5) is 0 Å². The normalized spacial score (nSPS) is 11.4. The summed E-state index contributed by atoms with van der Waals surface area (Å²) in [4.78, 5) is 11.4. The molecular formula is C14H23ClN2O2S. The van der Waals surface area contributed by atoms with Gasteiger partial charge in [0.25, 0.3) is 0 Å². The smallest absolute Gasteiger partial charge is 0.220 e. The number of carbonyl (C=O) groups is 1. The number of hydrogen-bond acceptors (Lipinski definition) is 3. The van der Waals surface area contributed by atoms with Gasteiger partial charge in [0, 0.05) is 35.3 Å². The fraction of sp³-hybridized carbons (Fsp3) is 0.500. The number of halogens is 1. The molecule has 0 saturated heterocycles. The molecule has 0 bridgehead atoms. The van der Waals surface area contributed by atoms with Gasteiger partial charge in [0.2, 0.25) is 5.91 Å². The molecule has 0 aliphatic carbocycles. The third-order valence-corrected chi connectivity index (χ3v) is 3.97. The molecule has 20 heavy (non-hydrogen) atoms. The number of rotatable bonds is 9. The van der Waals surface area contributed by atoms with Crippen LogP contribution < -0.4 is 10.6 Å². The van der Waals surface area contributed by atoms with Crippen LogP contribution in [0.15, 0.2) is 30.3 Å².